The predicted octanol–water partition coefficient (Wildman–Crippen LogP) is 2.14. The average Bonchev–Trinajstić information content (AvgIpc) is 3.10. The Kier molecular flexibility index (Phi) is 5.88. The van der Waals surface area contributed by atoms with E-state index in [9.17, 15) is 4.79 Å². The molecule has 1 aromatic heterocycles. The topological polar surface area (TPSA) is 66.3 Å². The van der Waals surface area contributed by atoms with Gasteiger partial charge in [0.25, 0.3) is 0 Å². The van der Waals surface area contributed by atoms with Crippen molar-refractivity contribution >= 4 is 11.6 Å². The number of hydrogen-bond acceptors (Lipinski definition) is 5. The number of para-hydroxylation sites is 1. The van der Waals surface area contributed by atoms with E-state index < -0.39 is 0 Å². The zero-order valence-corrected chi connectivity index (χ0v) is 15.9. The lowest BCUT2D eigenvalue weighted by molar-refractivity contribution is -0.130. The molecule has 0 atom stereocenters. The van der Waals surface area contributed by atoms with Crippen LogP contribution in [0.2, 0.25) is 0 Å². The summed E-state index contributed by atoms with van der Waals surface area (Å²) in [5.41, 5.74) is 2.39. The number of piperazine rings is 1. The molecule has 3 rings (SSSR count). The maximum Gasteiger partial charge on any atom is 0.219 e. The minimum Gasteiger partial charge on any atom is -0.377 e. The average molecular weight is 356 g/mol. The molecule has 7 nitrogen and oxygen atoms in total. The molecule has 2 aromatic rings. The second-order valence-corrected chi connectivity index (χ2v) is 7.01. The molecule has 1 fully saturated rings. The van der Waals surface area contributed by atoms with Crippen molar-refractivity contribution < 1.29 is 4.79 Å². The van der Waals surface area contributed by atoms with Crippen molar-refractivity contribution in [2.24, 2.45) is 0 Å². The lowest BCUT2D eigenvalue weighted by Crippen LogP contribution is -2.47. The first-order chi connectivity index (χ1) is 12.5. The van der Waals surface area contributed by atoms with Crippen LogP contribution in [-0.2, 0) is 17.9 Å². The van der Waals surface area contributed by atoms with Gasteiger partial charge in [-0.25, -0.2) is 9.67 Å². The van der Waals surface area contributed by atoms with E-state index in [0.717, 1.165) is 44.2 Å². The summed E-state index contributed by atoms with van der Waals surface area (Å²) in [7, 11) is 0. The molecule has 0 spiro atoms. The minimum atomic E-state index is 0.168. The van der Waals surface area contributed by atoms with Crippen LogP contribution in [0.1, 0.15) is 38.2 Å². The zero-order chi connectivity index (χ0) is 18.5. The summed E-state index contributed by atoms with van der Waals surface area (Å²) in [6.07, 6.45) is 1.61. The van der Waals surface area contributed by atoms with Gasteiger partial charge in [-0.05, 0) is 25.5 Å². The third-order valence-corrected chi connectivity index (χ3v) is 4.80. The van der Waals surface area contributed by atoms with Gasteiger partial charge < -0.3 is 10.2 Å². The molecular formula is C19H28N6O. The Morgan fingerprint density at radius 2 is 1.92 bits per heavy atom. The molecule has 0 bridgehead atoms. The largest absolute Gasteiger partial charge is 0.377 e. The highest BCUT2D eigenvalue weighted by molar-refractivity contribution is 5.73. The van der Waals surface area contributed by atoms with Gasteiger partial charge in [0, 0.05) is 51.4 Å². The third kappa shape index (κ3) is 4.40. The second kappa shape index (κ2) is 8.31. The number of nitrogens with one attached hydrogen (secondary N) is 1. The third-order valence-electron chi connectivity index (χ3n) is 4.80. The zero-order valence-electron chi connectivity index (χ0n) is 15.9. The molecule has 1 amide bonds. The molecule has 1 aliphatic heterocycles. The highest BCUT2D eigenvalue weighted by atomic mass is 16.2. The number of hydrogen-bond donors (Lipinski definition) is 1. The molecule has 26 heavy (non-hydrogen) atoms. The van der Waals surface area contributed by atoms with E-state index >= 15 is 0 Å². The first-order valence-electron chi connectivity index (χ1n) is 9.22. The van der Waals surface area contributed by atoms with E-state index in [1.165, 1.54) is 5.56 Å². The van der Waals surface area contributed by atoms with E-state index in [1.807, 2.05) is 15.6 Å². The van der Waals surface area contributed by atoms with Crippen LogP contribution in [0.5, 0.6) is 0 Å². The summed E-state index contributed by atoms with van der Waals surface area (Å²) in [4.78, 5) is 20.2. The van der Waals surface area contributed by atoms with Crippen molar-refractivity contribution in [3.8, 4) is 0 Å². The van der Waals surface area contributed by atoms with Crippen molar-refractivity contribution in [2.45, 2.75) is 39.9 Å². The van der Waals surface area contributed by atoms with Gasteiger partial charge in [-0.1, -0.05) is 18.2 Å². The predicted molar refractivity (Wildman–Crippen MR) is 102 cm³/mol. The number of rotatable bonds is 6. The Bertz CT molecular complexity index is 733. The van der Waals surface area contributed by atoms with Crippen LogP contribution < -0.4 is 5.32 Å². The van der Waals surface area contributed by atoms with Gasteiger partial charge in [-0.2, -0.15) is 5.10 Å². The van der Waals surface area contributed by atoms with Crippen LogP contribution in [0.3, 0.4) is 0 Å². The van der Waals surface area contributed by atoms with Crippen LogP contribution in [0.25, 0.3) is 0 Å². The maximum atomic E-state index is 11.5. The fourth-order valence-electron chi connectivity index (χ4n) is 3.30. The van der Waals surface area contributed by atoms with Crippen LogP contribution in [0.15, 0.2) is 30.6 Å². The van der Waals surface area contributed by atoms with Crippen LogP contribution >= 0.6 is 0 Å². The van der Waals surface area contributed by atoms with Crippen molar-refractivity contribution in [3.63, 3.8) is 0 Å². The van der Waals surface area contributed by atoms with Crippen LogP contribution in [-0.4, -0.2) is 56.7 Å². The first-order valence-corrected chi connectivity index (χ1v) is 9.22. The molecule has 1 aliphatic rings. The molecule has 0 aliphatic carbocycles. The van der Waals surface area contributed by atoms with Crippen LogP contribution in [0, 0.1) is 0 Å². The molecule has 0 unspecified atom stereocenters. The lowest BCUT2D eigenvalue weighted by atomic mass is 10.1. The van der Waals surface area contributed by atoms with Gasteiger partial charge in [0.05, 0.1) is 6.54 Å². The van der Waals surface area contributed by atoms with E-state index in [0.29, 0.717) is 12.6 Å². The molecular weight excluding hydrogens is 328 g/mol. The normalized spacial score (nSPS) is 15.5. The second-order valence-electron chi connectivity index (χ2n) is 7.01. The molecule has 2 heterocycles. The Morgan fingerprint density at radius 1 is 1.19 bits per heavy atom. The maximum absolute atomic E-state index is 11.5. The summed E-state index contributed by atoms with van der Waals surface area (Å²) in [5.74, 6) is 1.10. The lowest BCUT2D eigenvalue weighted by Gasteiger charge is -2.34. The molecule has 1 aromatic carbocycles. The van der Waals surface area contributed by atoms with E-state index in [-0.39, 0.29) is 5.91 Å². The van der Waals surface area contributed by atoms with Gasteiger partial charge in [0.2, 0.25) is 5.91 Å². The Hall–Kier alpha value is -2.41. The fourth-order valence-corrected chi connectivity index (χ4v) is 3.30. The van der Waals surface area contributed by atoms with Crippen molar-refractivity contribution in [3.05, 3.63) is 42.0 Å². The van der Waals surface area contributed by atoms with Crippen molar-refractivity contribution in [1.82, 2.24) is 24.6 Å². The quantitative estimate of drug-likeness (QED) is 0.859. The van der Waals surface area contributed by atoms with E-state index in [1.54, 1.807) is 13.3 Å². The summed E-state index contributed by atoms with van der Waals surface area (Å²) in [5, 5.41) is 7.80. The molecule has 0 radical (unpaired) electrons. The highest BCUT2D eigenvalue weighted by Crippen LogP contribution is 2.19. The summed E-state index contributed by atoms with van der Waals surface area (Å²) in [6, 6.07) is 8.68. The summed E-state index contributed by atoms with van der Waals surface area (Å²) < 4.78 is 1.94. The van der Waals surface area contributed by atoms with Crippen molar-refractivity contribution in [1.29, 1.82) is 0 Å². The van der Waals surface area contributed by atoms with Crippen molar-refractivity contribution in [2.75, 3.05) is 31.5 Å². The van der Waals surface area contributed by atoms with Crippen LogP contribution in [0.4, 0.5) is 5.69 Å². The van der Waals surface area contributed by atoms with Gasteiger partial charge in [-0.3, -0.25) is 9.69 Å². The summed E-state index contributed by atoms with van der Waals surface area (Å²) in [6.45, 7) is 10.8. The van der Waals surface area contributed by atoms with Gasteiger partial charge >= 0.3 is 0 Å². The Labute approximate surface area is 155 Å². The van der Waals surface area contributed by atoms with Gasteiger partial charge in [0.1, 0.15) is 12.2 Å². The Balaban J connectivity index is 1.61. The molecule has 1 saturated heterocycles. The number of carbonyl (C=O) groups excluding carboxylic acids is 1. The number of amides is 1. The number of carbonyl (C=O) groups is 1. The number of nitrogens with zero attached hydrogens (tertiary/aromatic N) is 5. The number of aromatic nitrogens is 3. The number of benzene rings is 1. The molecule has 0 saturated carbocycles. The fraction of sp³-hybridized carbons (Fsp3) is 0.526. The molecule has 140 valence electrons. The summed E-state index contributed by atoms with van der Waals surface area (Å²) >= 11 is 0. The van der Waals surface area contributed by atoms with Gasteiger partial charge in [-0.15, -0.1) is 0 Å². The first kappa shape index (κ1) is 18.4. The minimum absolute atomic E-state index is 0.168. The highest BCUT2D eigenvalue weighted by Gasteiger charge is 2.19. The monoisotopic (exact) mass is 356 g/mol. The standard InChI is InChI=1S/C19H28N6O/c1-15(2)25-19(21-14-22-25)12-20-18-7-5-4-6-17(18)13-23-8-10-24(11-9-23)16(3)26/h4-7,14-15,20H,8-13H2,1-3H3. The molecule has 7 heteroatoms. The Morgan fingerprint density at radius 3 is 2.62 bits per heavy atom. The number of anilines is 1. The SMILES string of the molecule is CC(=O)N1CCN(Cc2ccccc2NCc2ncnn2C(C)C)CC1. The van der Waals surface area contributed by atoms with E-state index in [4.69, 9.17) is 0 Å². The smallest absolute Gasteiger partial charge is 0.219 e. The van der Waals surface area contributed by atoms with Gasteiger partial charge in [0.15, 0.2) is 0 Å². The van der Waals surface area contributed by atoms with E-state index in [2.05, 4.69) is 52.3 Å². The molecule has 1 N–H and O–H groups in total.